The highest BCUT2D eigenvalue weighted by Crippen LogP contribution is 2.36. The summed E-state index contributed by atoms with van der Waals surface area (Å²) in [5.74, 6) is -0.134. The molecule has 1 aromatic heterocycles. The third-order valence-electron chi connectivity index (χ3n) is 4.91. The number of nitro benzene ring substituents is 2. The van der Waals surface area contributed by atoms with Gasteiger partial charge in [0.15, 0.2) is 0 Å². The number of nitro groups is 2. The Morgan fingerprint density at radius 3 is 2.45 bits per heavy atom. The number of carbonyl (C=O) groups is 2. The van der Waals surface area contributed by atoms with Crippen LogP contribution in [0, 0.1) is 27.2 Å². The summed E-state index contributed by atoms with van der Waals surface area (Å²) in [5.41, 5.74) is 0.953. The summed E-state index contributed by atoms with van der Waals surface area (Å²) in [6, 6.07) is 13.7. The maximum Gasteiger partial charge on any atom is 0.293 e. The van der Waals surface area contributed by atoms with Crippen LogP contribution in [-0.4, -0.2) is 25.9 Å². The smallest absolute Gasteiger partial charge is 0.293 e. The van der Waals surface area contributed by atoms with Crippen LogP contribution in [0.15, 0.2) is 63.9 Å². The molecule has 166 valence electrons. The number of amides is 2. The quantitative estimate of drug-likeness (QED) is 0.271. The Morgan fingerprint density at radius 1 is 1.00 bits per heavy atom. The lowest BCUT2D eigenvalue weighted by molar-refractivity contribution is -0.385. The zero-order valence-electron chi connectivity index (χ0n) is 17.1. The third kappa shape index (κ3) is 4.39. The van der Waals surface area contributed by atoms with Crippen molar-refractivity contribution < 1.29 is 23.9 Å². The van der Waals surface area contributed by atoms with Gasteiger partial charge in [-0.3, -0.25) is 34.7 Å². The summed E-state index contributed by atoms with van der Waals surface area (Å²) in [7, 11) is 0. The van der Waals surface area contributed by atoms with Crippen LogP contribution in [0.2, 0.25) is 0 Å². The largest absolute Gasteiger partial charge is 0.456 e. The Morgan fingerprint density at radius 2 is 1.73 bits per heavy atom. The van der Waals surface area contributed by atoms with Crippen LogP contribution in [0.25, 0.3) is 17.4 Å². The molecule has 0 bridgehead atoms. The lowest BCUT2D eigenvalue weighted by atomic mass is 10.1. The Labute approximate surface area is 190 Å². The van der Waals surface area contributed by atoms with Crippen LogP contribution in [0.3, 0.4) is 0 Å². The highest BCUT2D eigenvalue weighted by molar-refractivity contribution is 8.18. The van der Waals surface area contributed by atoms with Crippen LogP contribution in [0.4, 0.5) is 16.2 Å². The van der Waals surface area contributed by atoms with E-state index in [9.17, 15) is 29.8 Å². The topological polar surface area (TPSA) is 137 Å². The van der Waals surface area contributed by atoms with Crippen molar-refractivity contribution in [3.05, 3.63) is 96.6 Å². The van der Waals surface area contributed by atoms with Gasteiger partial charge >= 0.3 is 0 Å². The molecule has 0 N–H and O–H groups in total. The minimum absolute atomic E-state index is 0.0814. The molecule has 2 amide bonds. The number of benzene rings is 2. The van der Waals surface area contributed by atoms with Gasteiger partial charge in [0.2, 0.25) is 0 Å². The van der Waals surface area contributed by atoms with E-state index in [0.717, 1.165) is 10.5 Å². The van der Waals surface area contributed by atoms with Gasteiger partial charge in [-0.05, 0) is 42.4 Å². The minimum Gasteiger partial charge on any atom is -0.456 e. The Bertz CT molecular complexity index is 1350. The molecule has 2 heterocycles. The number of aryl methyl sites for hydroxylation is 1. The molecule has 10 nitrogen and oxygen atoms in total. The van der Waals surface area contributed by atoms with Gasteiger partial charge in [0.05, 0.1) is 26.9 Å². The van der Waals surface area contributed by atoms with Crippen LogP contribution >= 0.6 is 11.8 Å². The zero-order chi connectivity index (χ0) is 23.7. The molecule has 3 aromatic rings. The van der Waals surface area contributed by atoms with Gasteiger partial charge in [-0.15, -0.1) is 0 Å². The van der Waals surface area contributed by atoms with E-state index in [1.807, 2.05) is 0 Å². The van der Waals surface area contributed by atoms with Crippen molar-refractivity contribution in [3.63, 3.8) is 0 Å². The lowest BCUT2D eigenvalue weighted by Crippen LogP contribution is -2.27. The number of nitrogens with zero attached hydrogens (tertiary/aromatic N) is 3. The van der Waals surface area contributed by atoms with E-state index in [2.05, 4.69) is 0 Å². The number of para-hydroxylation sites is 1. The first-order valence-corrected chi connectivity index (χ1v) is 10.4. The van der Waals surface area contributed by atoms with Crippen molar-refractivity contribution >= 4 is 40.4 Å². The number of furan rings is 1. The minimum atomic E-state index is -0.609. The number of thioether (sulfide) groups is 1. The second-order valence-electron chi connectivity index (χ2n) is 7.13. The molecule has 1 aliphatic heterocycles. The molecule has 1 saturated heterocycles. The Hall–Kier alpha value is -4.25. The van der Waals surface area contributed by atoms with Gasteiger partial charge in [0.1, 0.15) is 11.5 Å². The van der Waals surface area contributed by atoms with Crippen LogP contribution in [0.5, 0.6) is 0 Å². The summed E-state index contributed by atoms with van der Waals surface area (Å²) in [6.45, 7) is 1.50. The van der Waals surface area contributed by atoms with E-state index in [1.54, 1.807) is 31.2 Å². The number of carbonyl (C=O) groups excluding carboxylic acids is 2. The summed E-state index contributed by atoms with van der Waals surface area (Å²) in [5, 5.41) is 22.0. The third-order valence-corrected chi connectivity index (χ3v) is 5.81. The number of hydrogen-bond donors (Lipinski definition) is 0. The summed E-state index contributed by atoms with van der Waals surface area (Å²) >= 11 is 0.686. The molecule has 0 spiro atoms. The van der Waals surface area contributed by atoms with Gasteiger partial charge in [-0.2, -0.15) is 0 Å². The first kappa shape index (κ1) is 22.0. The van der Waals surface area contributed by atoms with Crippen molar-refractivity contribution in [1.82, 2.24) is 4.90 Å². The van der Waals surface area contributed by atoms with Crippen LogP contribution < -0.4 is 0 Å². The standard InChI is InChI=1S/C22H15N3O7S/c1-13-6-8-16(18(10-13)25(30)31)19-9-7-15(32-19)11-20-21(26)23(22(27)33-20)12-14-4-2-3-5-17(14)24(28)29/h2-11H,12H2,1H3/b20-11-. The zero-order valence-corrected chi connectivity index (χ0v) is 17.9. The predicted octanol–water partition coefficient (Wildman–Crippen LogP) is 5.31. The van der Waals surface area contributed by atoms with E-state index < -0.39 is 21.0 Å². The first-order chi connectivity index (χ1) is 15.7. The summed E-state index contributed by atoms with van der Waals surface area (Å²) < 4.78 is 5.68. The molecule has 33 heavy (non-hydrogen) atoms. The van der Waals surface area contributed by atoms with Crippen molar-refractivity contribution in [2.75, 3.05) is 0 Å². The van der Waals surface area contributed by atoms with Gasteiger partial charge in [0.25, 0.3) is 22.5 Å². The van der Waals surface area contributed by atoms with E-state index in [1.165, 1.54) is 36.4 Å². The molecule has 2 aromatic carbocycles. The maximum atomic E-state index is 12.8. The number of imide groups is 1. The van der Waals surface area contributed by atoms with E-state index in [4.69, 9.17) is 4.42 Å². The predicted molar refractivity (Wildman–Crippen MR) is 120 cm³/mol. The molecule has 0 aliphatic carbocycles. The van der Waals surface area contributed by atoms with Gasteiger partial charge < -0.3 is 4.42 Å². The highest BCUT2D eigenvalue weighted by atomic mass is 32.2. The molecule has 0 atom stereocenters. The molecule has 0 radical (unpaired) electrons. The second-order valence-corrected chi connectivity index (χ2v) is 8.13. The van der Waals surface area contributed by atoms with Crippen molar-refractivity contribution in [2.45, 2.75) is 13.5 Å². The molecule has 0 saturated carbocycles. The van der Waals surface area contributed by atoms with Crippen molar-refractivity contribution in [3.8, 4) is 11.3 Å². The molecule has 1 aliphatic rings. The first-order valence-electron chi connectivity index (χ1n) is 9.57. The summed E-state index contributed by atoms with van der Waals surface area (Å²) in [4.78, 5) is 47.7. The molecular weight excluding hydrogens is 450 g/mol. The lowest BCUT2D eigenvalue weighted by Gasteiger charge is -2.12. The van der Waals surface area contributed by atoms with Crippen LogP contribution in [0.1, 0.15) is 16.9 Å². The maximum absolute atomic E-state index is 12.8. The molecule has 11 heteroatoms. The fourth-order valence-electron chi connectivity index (χ4n) is 3.33. The average Bonchev–Trinajstić information content (AvgIpc) is 3.34. The SMILES string of the molecule is Cc1ccc(-c2ccc(/C=C3\SC(=O)N(Cc4ccccc4[N+](=O)[O-])C3=O)o2)c([N+](=O)[O-])c1. The average molecular weight is 465 g/mol. The van der Waals surface area contributed by atoms with Gasteiger partial charge in [0, 0.05) is 23.8 Å². The molecular formula is C22H15N3O7S. The van der Waals surface area contributed by atoms with E-state index in [0.29, 0.717) is 11.8 Å². The van der Waals surface area contributed by atoms with Gasteiger partial charge in [-0.25, -0.2) is 0 Å². The van der Waals surface area contributed by atoms with E-state index in [-0.39, 0.29) is 45.5 Å². The van der Waals surface area contributed by atoms with E-state index >= 15 is 0 Å². The fraction of sp³-hybridized carbons (Fsp3) is 0.0909. The summed E-state index contributed by atoms with van der Waals surface area (Å²) in [6.07, 6.45) is 1.37. The Balaban J connectivity index is 1.59. The number of hydrogen-bond acceptors (Lipinski definition) is 8. The monoisotopic (exact) mass is 465 g/mol. The molecule has 0 unspecified atom stereocenters. The molecule has 4 rings (SSSR count). The van der Waals surface area contributed by atoms with Crippen molar-refractivity contribution in [2.24, 2.45) is 0 Å². The van der Waals surface area contributed by atoms with Crippen LogP contribution in [-0.2, 0) is 11.3 Å². The van der Waals surface area contributed by atoms with Gasteiger partial charge in [-0.1, -0.05) is 24.3 Å². The number of rotatable bonds is 6. The molecule has 1 fully saturated rings. The second kappa shape index (κ2) is 8.71. The Kier molecular flexibility index (Phi) is 5.80. The highest BCUT2D eigenvalue weighted by Gasteiger charge is 2.36. The fourth-order valence-corrected chi connectivity index (χ4v) is 4.15. The van der Waals surface area contributed by atoms with Crippen molar-refractivity contribution in [1.29, 1.82) is 0 Å². The normalized spacial score (nSPS) is 14.8.